The minimum atomic E-state index is -0.572. The molecule has 1 amide bonds. The van der Waals surface area contributed by atoms with E-state index in [9.17, 15) is 9.59 Å². The van der Waals surface area contributed by atoms with Crippen molar-refractivity contribution in [2.75, 3.05) is 13.7 Å². The van der Waals surface area contributed by atoms with Gasteiger partial charge in [0, 0.05) is 6.20 Å². The summed E-state index contributed by atoms with van der Waals surface area (Å²) in [7, 11) is 1.55. The number of hydrogen-bond donors (Lipinski definition) is 1. The van der Waals surface area contributed by atoms with Gasteiger partial charge in [0.1, 0.15) is 5.56 Å². The molecule has 0 saturated heterocycles. The Morgan fingerprint density at radius 1 is 1.13 bits per heavy atom. The van der Waals surface area contributed by atoms with Crippen LogP contribution in [0.3, 0.4) is 0 Å². The molecule has 1 N–H and O–H groups in total. The summed E-state index contributed by atoms with van der Waals surface area (Å²) in [5, 5.41) is 3.97. The smallest absolute Gasteiger partial charge is 0.276 e. The number of hydrogen-bond acceptors (Lipinski definition) is 5. The number of carbonyl (C=O) groups excluding carboxylic acids is 1. The van der Waals surface area contributed by atoms with Gasteiger partial charge in [-0.2, -0.15) is 5.10 Å². The molecular weight excluding hydrogens is 394 g/mol. The molecule has 2 aromatic carbocycles. The predicted molar refractivity (Wildman–Crippen MR) is 120 cm³/mol. The zero-order chi connectivity index (χ0) is 22.2. The summed E-state index contributed by atoms with van der Waals surface area (Å²) >= 11 is 0. The van der Waals surface area contributed by atoms with Gasteiger partial charge >= 0.3 is 0 Å². The first-order valence-corrected chi connectivity index (χ1v) is 9.91. The van der Waals surface area contributed by atoms with Crippen LogP contribution in [-0.2, 0) is 6.54 Å². The molecule has 0 saturated carbocycles. The number of aryl methyl sites for hydroxylation is 1. The van der Waals surface area contributed by atoms with Crippen molar-refractivity contribution in [1.82, 2.24) is 9.99 Å². The van der Waals surface area contributed by atoms with Crippen LogP contribution in [0.2, 0.25) is 0 Å². The second kappa shape index (κ2) is 10.2. The van der Waals surface area contributed by atoms with Gasteiger partial charge in [0.15, 0.2) is 11.5 Å². The lowest BCUT2D eigenvalue weighted by Crippen LogP contribution is -2.30. The first kappa shape index (κ1) is 21.8. The van der Waals surface area contributed by atoms with Crippen LogP contribution in [-0.4, -0.2) is 30.4 Å². The molecule has 0 bridgehead atoms. The van der Waals surface area contributed by atoms with Crippen LogP contribution in [0.25, 0.3) is 0 Å². The van der Waals surface area contributed by atoms with Crippen molar-refractivity contribution in [2.24, 2.45) is 5.10 Å². The monoisotopic (exact) mass is 419 g/mol. The Hall–Kier alpha value is -3.87. The highest BCUT2D eigenvalue weighted by molar-refractivity contribution is 5.94. The molecule has 1 heterocycles. The van der Waals surface area contributed by atoms with E-state index in [0.717, 1.165) is 11.1 Å². The molecule has 3 rings (SSSR count). The molecule has 3 aromatic rings. The number of methoxy groups -OCH3 is 1. The Balaban J connectivity index is 1.71. The predicted octanol–water partition coefficient (Wildman–Crippen LogP) is 3.38. The third-order valence-corrected chi connectivity index (χ3v) is 4.57. The van der Waals surface area contributed by atoms with Crippen molar-refractivity contribution in [3.63, 3.8) is 0 Å². The molecule has 160 valence electrons. The lowest BCUT2D eigenvalue weighted by molar-refractivity contribution is 0.0953. The van der Waals surface area contributed by atoms with Crippen molar-refractivity contribution in [2.45, 2.75) is 20.4 Å². The van der Waals surface area contributed by atoms with E-state index in [2.05, 4.69) is 10.5 Å². The standard InChI is InChI=1S/C24H25N3O4/c1-4-31-21-11-10-18(14-22(21)30-3)15-25-26-23(28)20-9-6-12-27(24(20)29)16-19-8-5-7-17(2)13-19/h5-15H,4,16H2,1-3H3,(H,26,28)/b25-15-. The van der Waals surface area contributed by atoms with E-state index in [-0.39, 0.29) is 11.1 Å². The molecular formula is C24H25N3O4. The summed E-state index contributed by atoms with van der Waals surface area (Å²) < 4.78 is 12.3. The lowest BCUT2D eigenvalue weighted by Gasteiger charge is -2.09. The highest BCUT2D eigenvalue weighted by atomic mass is 16.5. The zero-order valence-corrected chi connectivity index (χ0v) is 17.8. The van der Waals surface area contributed by atoms with Gasteiger partial charge in [0.2, 0.25) is 0 Å². The summed E-state index contributed by atoms with van der Waals surface area (Å²) in [5.74, 6) is 0.626. The van der Waals surface area contributed by atoms with Crippen LogP contribution >= 0.6 is 0 Å². The van der Waals surface area contributed by atoms with Gasteiger partial charge in [-0.15, -0.1) is 0 Å². The fourth-order valence-corrected chi connectivity index (χ4v) is 3.11. The third kappa shape index (κ3) is 5.60. The van der Waals surface area contributed by atoms with Gasteiger partial charge < -0.3 is 14.0 Å². The summed E-state index contributed by atoms with van der Waals surface area (Å²) in [5.41, 5.74) is 4.87. The fourth-order valence-electron chi connectivity index (χ4n) is 3.11. The summed E-state index contributed by atoms with van der Waals surface area (Å²) in [4.78, 5) is 25.2. The molecule has 0 aliphatic carbocycles. The molecule has 0 atom stereocenters. The Kier molecular flexibility index (Phi) is 7.22. The van der Waals surface area contributed by atoms with Gasteiger partial charge in [-0.05, 0) is 55.3 Å². The van der Waals surface area contributed by atoms with E-state index >= 15 is 0 Å². The molecule has 7 nitrogen and oxygen atoms in total. The molecule has 7 heteroatoms. The highest BCUT2D eigenvalue weighted by Crippen LogP contribution is 2.27. The summed E-state index contributed by atoms with van der Waals surface area (Å²) in [6.45, 7) is 4.80. The Morgan fingerprint density at radius 2 is 1.97 bits per heavy atom. The van der Waals surface area contributed by atoms with Gasteiger partial charge in [-0.3, -0.25) is 9.59 Å². The van der Waals surface area contributed by atoms with Crippen LogP contribution in [0.5, 0.6) is 11.5 Å². The third-order valence-electron chi connectivity index (χ3n) is 4.57. The van der Waals surface area contributed by atoms with Crippen LogP contribution in [0.4, 0.5) is 0 Å². The van der Waals surface area contributed by atoms with Gasteiger partial charge in [-0.25, -0.2) is 5.43 Å². The SMILES string of the molecule is CCOc1ccc(/C=N\NC(=O)c2cccn(Cc3cccc(C)c3)c2=O)cc1OC. The molecule has 0 aliphatic heterocycles. The minimum absolute atomic E-state index is 0.0246. The van der Waals surface area contributed by atoms with Crippen LogP contribution in [0.1, 0.15) is 34.0 Å². The van der Waals surface area contributed by atoms with E-state index in [1.165, 1.54) is 16.8 Å². The molecule has 0 radical (unpaired) electrons. The minimum Gasteiger partial charge on any atom is -0.493 e. The molecule has 0 aliphatic rings. The topological polar surface area (TPSA) is 81.9 Å². The second-order valence-electron chi connectivity index (χ2n) is 6.89. The maximum Gasteiger partial charge on any atom is 0.276 e. The zero-order valence-electron chi connectivity index (χ0n) is 17.8. The van der Waals surface area contributed by atoms with E-state index in [1.54, 1.807) is 37.6 Å². The van der Waals surface area contributed by atoms with Gasteiger partial charge in [0.05, 0.1) is 26.5 Å². The molecule has 0 unspecified atom stereocenters. The highest BCUT2D eigenvalue weighted by Gasteiger charge is 2.12. The summed E-state index contributed by atoms with van der Waals surface area (Å²) in [6.07, 6.45) is 3.14. The van der Waals surface area contributed by atoms with Crippen molar-refractivity contribution < 1.29 is 14.3 Å². The summed E-state index contributed by atoms with van der Waals surface area (Å²) in [6, 6.07) is 16.4. The van der Waals surface area contributed by atoms with E-state index in [4.69, 9.17) is 9.47 Å². The van der Waals surface area contributed by atoms with Crippen LogP contribution in [0.15, 0.2) is 70.7 Å². The number of benzene rings is 2. The largest absolute Gasteiger partial charge is 0.493 e. The van der Waals surface area contributed by atoms with Crippen LogP contribution < -0.4 is 20.5 Å². The number of nitrogens with zero attached hydrogens (tertiary/aromatic N) is 2. The average molecular weight is 419 g/mol. The van der Waals surface area contributed by atoms with Gasteiger partial charge in [-0.1, -0.05) is 29.8 Å². The van der Waals surface area contributed by atoms with E-state index < -0.39 is 5.91 Å². The van der Waals surface area contributed by atoms with Crippen molar-refractivity contribution in [3.05, 3.63) is 93.4 Å². The number of carbonyl (C=O) groups is 1. The maximum atomic E-state index is 12.7. The number of pyridine rings is 1. The first-order valence-electron chi connectivity index (χ1n) is 9.91. The Bertz CT molecular complexity index is 1150. The maximum absolute atomic E-state index is 12.7. The molecule has 0 spiro atoms. The first-order chi connectivity index (χ1) is 15.0. The number of amides is 1. The Labute approximate surface area is 180 Å². The van der Waals surface area contributed by atoms with E-state index in [0.29, 0.717) is 30.2 Å². The molecule has 1 aromatic heterocycles. The molecule has 31 heavy (non-hydrogen) atoms. The fraction of sp³-hybridized carbons (Fsp3) is 0.208. The van der Waals surface area contributed by atoms with Crippen molar-refractivity contribution in [1.29, 1.82) is 0 Å². The molecule has 0 fully saturated rings. The van der Waals surface area contributed by atoms with Crippen molar-refractivity contribution >= 4 is 12.1 Å². The quantitative estimate of drug-likeness (QED) is 0.448. The normalized spacial score (nSPS) is 10.8. The number of rotatable bonds is 8. The number of nitrogens with one attached hydrogen (secondary N) is 1. The van der Waals surface area contributed by atoms with Crippen molar-refractivity contribution in [3.8, 4) is 11.5 Å². The average Bonchev–Trinajstić information content (AvgIpc) is 2.76. The Morgan fingerprint density at radius 3 is 2.71 bits per heavy atom. The number of hydrazone groups is 1. The second-order valence-corrected chi connectivity index (χ2v) is 6.89. The van der Waals surface area contributed by atoms with Gasteiger partial charge in [0.25, 0.3) is 11.5 Å². The van der Waals surface area contributed by atoms with Crippen LogP contribution in [0, 0.1) is 6.92 Å². The number of ether oxygens (including phenoxy) is 2. The van der Waals surface area contributed by atoms with E-state index in [1.807, 2.05) is 38.1 Å². The lowest BCUT2D eigenvalue weighted by atomic mass is 10.1. The number of aromatic nitrogens is 1.